The highest BCUT2D eigenvalue weighted by atomic mass is 16.7. The molecule has 0 radical (unpaired) electrons. The van der Waals surface area contributed by atoms with Crippen molar-refractivity contribution in [1.82, 2.24) is 15.5 Å². The standard InChI is InChI=1S/C19H36N4O4/c1-4-25-12-8-11-20-18(22-14-17(24)23(2)3)21-13-16-15-26-19(27-16)9-6-5-7-10-19/h16H,4-15H2,1-3H3,(H2,20,21,22). The van der Waals surface area contributed by atoms with Crippen molar-refractivity contribution in [1.29, 1.82) is 0 Å². The Labute approximate surface area is 163 Å². The summed E-state index contributed by atoms with van der Waals surface area (Å²) in [5.41, 5.74) is 0. The Kier molecular flexibility index (Phi) is 9.30. The van der Waals surface area contributed by atoms with Gasteiger partial charge in [-0.05, 0) is 26.2 Å². The molecule has 0 aromatic rings. The van der Waals surface area contributed by atoms with Gasteiger partial charge < -0.3 is 29.7 Å². The van der Waals surface area contributed by atoms with Crippen molar-refractivity contribution in [3.05, 3.63) is 0 Å². The Balaban J connectivity index is 1.79. The Morgan fingerprint density at radius 1 is 1.26 bits per heavy atom. The van der Waals surface area contributed by atoms with E-state index in [0.29, 0.717) is 25.7 Å². The van der Waals surface area contributed by atoms with E-state index in [-0.39, 0.29) is 24.3 Å². The lowest BCUT2D eigenvalue weighted by molar-refractivity contribution is -0.186. The molecule has 1 unspecified atom stereocenters. The molecule has 8 heteroatoms. The molecular weight excluding hydrogens is 348 g/mol. The quantitative estimate of drug-likeness (QED) is 0.352. The molecule has 2 N–H and O–H groups in total. The molecule has 1 saturated heterocycles. The minimum Gasteiger partial charge on any atom is -0.382 e. The van der Waals surface area contributed by atoms with Gasteiger partial charge in [-0.25, -0.2) is 4.99 Å². The zero-order valence-corrected chi connectivity index (χ0v) is 17.1. The number of nitrogens with zero attached hydrogens (tertiary/aromatic N) is 2. The van der Waals surface area contributed by atoms with Crippen LogP contribution in [0.1, 0.15) is 45.4 Å². The molecule has 0 aromatic heterocycles. The van der Waals surface area contributed by atoms with Gasteiger partial charge in [0.1, 0.15) is 12.6 Å². The molecule has 2 aliphatic rings. The van der Waals surface area contributed by atoms with E-state index in [4.69, 9.17) is 14.2 Å². The smallest absolute Gasteiger partial charge is 0.243 e. The van der Waals surface area contributed by atoms with Crippen LogP contribution in [0, 0.1) is 0 Å². The Morgan fingerprint density at radius 2 is 2.04 bits per heavy atom. The first-order chi connectivity index (χ1) is 13.0. The highest BCUT2D eigenvalue weighted by molar-refractivity contribution is 5.84. The number of nitrogens with one attached hydrogen (secondary N) is 2. The third-order valence-electron chi connectivity index (χ3n) is 4.86. The Hall–Kier alpha value is -1.38. The van der Waals surface area contributed by atoms with Gasteiger partial charge in [0.25, 0.3) is 0 Å². The lowest BCUT2D eigenvalue weighted by Gasteiger charge is -2.31. The van der Waals surface area contributed by atoms with Gasteiger partial charge in [-0.1, -0.05) is 6.42 Å². The van der Waals surface area contributed by atoms with Crippen molar-refractivity contribution in [3.8, 4) is 0 Å². The number of ether oxygens (including phenoxy) is 3. The van der Waals surface area contributed by atoms with Crippen molar-refractivity contribution >= 4 is 11.9 Å². The molecule has 0 aromatic carbocycles. The minimum absolute atomic E-state index is 0.00285. The molecule has 156 valence electrons. The minimum atomic E-state index is -0.367. The molecule has 1 aliphatic carbocycles. The SMILES string of the molecule is CCOCCCNC(=NCC(=O)N(C)C)NCC1COC2(CCCCC2)O1. The van der Waals surface area contributed by atoms with E-state index < -0.39 is 0 Å². The summed E-state index contributed by atoms with van der Waals surface area (Å²) in [5, 5.41) is 6.55. The lowest BCUT2D eigenvalue weighted by Crippen LogP contribution is -2.43. The Morgan fingerprint density at radius 3 is 2.74 bits per heavy atom. The van der Waals surface area contributed by atoms with Gasteiger partial charge in [0, 0.05) is 53.2 Å². The highest BCUT2D eigenvalue weighted by Crippen LogP contribution is 2.37. The van der Waals surface area contributed by atoms with Crippen LogP contribution in [-0.2, 0) is 19.0 Å². The number of carbonyl (C=O) groups excluding carboxylic acids is 1. The predicted molar refractivity (Wildman–Crippen MR) is 105 cm³/mol. The number of hydrogen-bond donors (Lipinski definition) is 2. The summed E-state index contributed by atoms with van der Waals surface area (Å²) in [5.74, 6) is 0.218. The Bertz CT molecular complexity index is 478. The second-order valence-electron chi connectivity index (χ2n) is 7.33. The molecule has 0 bridgehead atoms. The van der Waals surface area contributed by atoms with Crippen LogP contribution in [0.4, 0.5) is 0 Å². The van der Waals surface area contributed by atoms with Gasteiger partial charge >= 0.3 is 0 Å². The molecular formula is C19H36N4O4. The zero-order valence-electron chi connectivity index (χ0n) is 17.1. The lowest BCUT2D eigenvalue weighted by atomic mass is 9.94. The monoisotopic (exact) mass is 384 g/mol. The highest BCUT2D eigenvalue weighted by Gasteiger charge is 2.42. The number of likely N-dealkylation sites (N-methyl/N-ethyl adjacent to an activating group) is 1. The summed E-state index contributed by atoms with van der Waals surface area (Å²) in [7, 11) is 3.46. The fourth-order valence-corrected chi connectivity index (χ4v) is 3.27. The van der Waals surface area contributed by atoms with E-state index in [1.807, 2.05) is 6.92 Å². The number of carbonyl (C=O) groups is 1. The second kappa shape index (κ2) is 11.5. The molecule has 8 nitrogen and oxygen atoms in total. The molecule has 2 fully saturated rings. The van der Waals surface area contributed by atoms with Crippen molar-refractivity contribution in [2.24, 2.45) is 4.99 Å². The van der Waals surface area contributed by atoms with Gasteiger partial charge in [-0.15, -0.1) is 0 Å². The number of hydrogen-bond acceptors (Lipinski definition) is 5. The first-order valence-electron chi connectivity index (χ1n) is 10.2. The van der Waals surface area contributed by atoms with Crippen molar-refractivity contribution in [3.63, 3.8) is 0 Å². The number of aliphatic imine (C=N–C) groups is 1. The van der Waals surface area contributed by atoms with E-state index in [0.717, 1.165) is 32.4 Å². The van der Waals surface area contributed by atoms with Crippen LogP contribution in [0.2, 0.25) is 0 Å². The van der Waals surface area contributed by atoms with E-state index in [2.05, 4.69) is 15.6 Å². The van der Waals surface area contributed by atoms with Crippen molar-refractivity contribution < 1.29 is 19.0 Å². The topological polar surface area (TPSA) is 84.4 Å². The van der Waals surface area contributed by atoms with E-state index >= 15 is 0 Å². The maximum atomic E-state index is 11.8. The van der Waals surface area contributed by atoms with Gasteiger partial charge in [0.2, 0.25) is 5.91 Å². The fraction of sp³-hybridized carbons (Fsp3) is 0.895. The summed E-state index contributed by atoms with van der Waals surface area (Å²) in [4.78, 5) is 17.8. The molecule has 27 heavy (non-hydrogen) atoms. The second-order valence-corrected chi connectivity index (χ2v) is 7.33. The summed E-state index contributed by atoms with van der Waals surface area (Å²) in [6.45, 7) is 5.45. The summed E-state index contributed by atoms with van der Waals surface area (Å²) in [6.07, 6.45) is 6.45. The van der Waals surface area contributed by atoms with Gasteiger partial charge in [0.15, 0.2) is 11.7 Å². The van der Waals surface area contributed by atoms with Crippen LogP contribution < -0.4 is 10.6 Å². The number of amides is 1. The van der Waals surface area contributed by atoms with E-state index in [9.17, 15) is 4.79 Å². The van der Waals surface area contributed by atoms with Gasteiger partial charge in [0.05, 0.1) is 6.61 Å². The molecule has 1 atom stereocenters. The third-order valence-corrected chi connectivity index (χ3v) is 4.86. The van der Waals surface area contributed by atoms with Crippen LogP contribution in [0.3, 0.4) is 0 Å². The van der Waals surface area contributed by atoms with Crippen molar-refractivity contribution in [2.45, 2.75) is 57.3 Å². The summed E-state index contributed by atoms with van der Waals surface area (Å²) >= 11 is 0. The molecule has 2 rings (SSSR count). The molecule has 1 amide bonds. The maximum Gasteiger partial charge on any atom is 0.243 e. The summed E-state index contributed by atoms with van der Waals surface area (Å²) in [6, 6.07) is 0. The van der Waals surface area contributed by atoms with E-state index in [1.165, 1.54) is 24.2 Å². The molecule has 1 aliphatic heterocycles. The van der Waals surface area contributed by atoms with Crippen LogP contribution >= 0.6 is 0 Å². The zero-order chi connectivity index (χ0) is 19.5. The van der Waals surface area contributed by atoms with Gasteiger partial charge in [-0.3, -0.25) is 4.79 Å². The van der Waals surface area contributed by atoms with Crippen LogP contribution in [0.15, 0.2) is 4.99 Å². The largest absolute Gasteiger partial charge is 0.382 e. The maximum absolute atomic E-state index is 11.8. The van der Waals surface area contributed by atoms with Gasteiger partial charge in [-0.2, -0.15) is 0 Å². The average Bonchev–Trinajstić information content (AvgIpc) is 3.05. The van der Waals surface area contributed by atoms with Crippen LogP contribution in [0.25, 0.3) is 0 Å². The fourth-order valence-electron chi connectivity index (χ4n) is 3.27. The van der Waals surface area contributed by atoms with Crippen LogP contribution in [-0.4, -0.2) is 82.2 Å². The number of guanidine groups is 1. The first kappa shape index (κ1) is 21.9. The molecule has 1 heterocycles. The third kappa shape index (κ3) is 7.63. The predicted octanol–water partition coefficient (Wildman–Crippen LogP) is 1.11. The number of rotatable bonds is 9. The average molecular weight is 385 g/mol. The molecule has 1 spiro atoms. The van der Waals surface area contributed by atoms with E-state index in [1.54, 1.807) is 14.1 Å². The molecule has 1 saturated carbocycles. The van der Waals surface area contributed by atoms with Crippen LogP contribution in [0.5, 0.6) is 0 Å². The summed E-state index contributed by atoms with van der Waals surface area (Å²) < 4.78 is 17.5. The van der Waals surface area contributed by atoms with Crippen molar-refractivity contribution in [2.75, 3.05) is 53.6 Å². The normalized spacial score (nSPS) is 22.0. The first-order valence-corrected chi connectivity index (χ1v) is 10.2.